The van der Waals surface area contributed by atoms with Crippen LogP contribution >= 0.6 is 11.8 Å². The first-order valence-corrected chi connectivity index (χ1v) is 12.0. The Hall–Kier alpha value is -3.45. The Bertz CT molecular complexity index is 1220. The second kappa shape index (κ2) is 10.7. The van der Waals surface area contributed by atoms with E-state index in [2.05, 4.69) is 36.6 Å². The number of aryl methyl sites for hydroxylation is 2. The molecule has 1 aliphatic heterocycles. The molecular weight excluding hydrogens is 448 g/mol. The fourth-order valence-electron chi connectivity index (χ4n) is 4.02. The largest absolute Gasteiger partial charge is 0.493 e. The normalized spacial score (nSPS) is 14.8. The van der Waals surface area contributed by atoms with Gasteiger partial charge in [-0.25, -0.2) is 0 Å². The van der Waals surface area contributed by atoms with Crippen molar-refractivity contribution >= 4 is 29.0 Å². The van der Waals surface area contributed by atoms with Crippen LogP contribution in [0, 0.1) is 13.8 Å². The summed E-state index contributed by atoms with van der Waals surface area (Å²) in [6.07, 6.45) is 2.76. The van der Waals surface area contributed by atoms with Gasteiger partial charge in [-0.3, -0.25) is 14.5 Å². The van der Waals surface area contributed by atoms with Gasteiger partial charge in [0.25, 0.3) is 11.1 Å². The van der Waals surface area contributed by atoms with Crippen LogP contribution in [0.25, 0.3) is 6.08 Å². The van der Waals surface area contributed by atoms with Crippen molar-refractivity contribution in [1.29, 1.82) is 0 Å². The third-order valence-electron chi connectivity index (χ3n) is 5.88. The van der Waals surface area contributed by atoms with Gasteiger partial charge in [-0.05, 0) is 67.4 Å². The zero-order valence-corrected chi connectivity index (χ0v) is 20.4. The molecule has 0 N–H and O–H groups in total. The first-order valence-electron chi connectivity index (χ1n) is 11.2. The average molecular weight is 477 g/mol. The molecule has 0 radical (unpaired) electrons. The fraction of sp³-hybridized carbons (Fsp3) is 0.259. The summed E-state index contributed by atoms with van der Waals surface area (Å²) in [6.45, 7) is 5.35. The summed E-state index contributed by atoms with van der Waals surface area (Å²) in [5.74, 6) is 0.905. The maximum Gasteiger partial charge on any atom is 0.293 e. The number of carbonyl (C=O) groups excluding carboxylic acids is 2. The number of thioether (sulfide) groups is 1. The first kappa shape index (κ1) is 23.7. The second-order valence-corrected chi connectivity index (χ2v) is 9.04. The van der Waals surface area contributed by atoms with E-state index in [1.165, 1.54) is 10.5 Å². The monoisotopic (exact) mass is 476 g/mol. The van der Waals surface area contributed by atoms with Gasteiger partial charge in [0.05, 0.1) is 18.6 Å². The number of carbonyl (C=O) groups is 2. The van der Waals surface area contributed by atoms with Gasteiger partial charge in [0.2, 0.25) is 0 Å². The molecule has 0 aliphatic carbocycles. The summed E-state index contributed by atoms with van der Waals surface area (Å²) in [7, 11) is 1.57. The van der Waals surface area contributed by atoms with Crippen LogP contribution in [0.4, 0.5) is 4.79 Å². The highest BCUT2D eigenvalue weighted by Gasteiger charge is 2.35. The molecule has 1 aliphatic rings. The molecule has 1 fully saturated rings. The Kier molecular flexibility index (Phi) is 7.43. The third-order valence-corrected chi connectivity index (χ3v) is 6.79. The Balaban J connectivity index is 1.41. The molecule has 1 aromatic heterocycles. The highest BCUT2D eigenvalue weighted by Crippen LogP contribution is 2.33. The van der Waals surface area contributed by atoms with E-state index < -0.39 is 0 Å². The lowest BCUT2D eigenvalue weighted by Gasteiger charge is -2.14. The Morgan fingerprint density at radius 2 is 1.65 bits per heavy atom. The standard InChI is InChI=1S/C27H28N2O4S/c1-19-17-22(20(2)28(19)14-13-21-9-5-4-6-10-21)18-25-26(30)29(27(31)34-25)15-16-33-24-12-8-7-11-23(24)32-3/h4-12,17-18H,13-16H2,1-3H3/b25-18-. The summed E-state index contributed by atoms with van der Waals surface area (Å²) in [5.41, 5.74) is 4.46. The van der Waals surface area contributed by atoms with Crippen LogP contribution in [0.3, 0.4) is 0 Å². The van der Waals surface area contributed by atoms with E-state index in [4.69, 9.17) is 9.47 Å². The van der Waals surface area contributed by atoms with Gasteiger partial charge in [0, 0.05) is 17.9 Å². The number of nitrogens with zero attached hydrogens (tertiary/aromatic N) is 2. The summed E-state index contributed by atoms with van der Waals surface area (Å²) < 4.78 is 13.3. The summed E-state index contributed by atoms with van der Waals surface area (Å²) in [4.78, 5) is 27.1. The van der Waals surface area contributed by atoms with Gasteiger partial charge in [-0.2, -0.15) is 0 Å². The predicted octanol–water partition coefficient (Wildman–Crippen LogP) is 5.47. The van der Waals surface area contributed by atoms with Gasteiger partial charge >= 0.3 is 0 Å². The molecular formula is C27H28N2O4S. The van der Waals surface area contributed by atoms with Crippen LogP contribution in [0.1, 0.15) is 22.5 Å². The molecule has 0 saturated carbocycles. The van der Waals surface area contributed by atoms with Gasteiger partial charge in [-0.1, -0.05) is 42.5 Å². The van der Waals surface area contributed by atoms with Gasteiger partial charge in [0.1, 0.15) is 6.61 Å². The maximum atomic E-state index is 12.9. The number of aromatic nitrogens is 1. The molecule has 3 aromatic rings. The Morgan fingerprint density at radius 1 is 0.941 bits per heavy atom. The lowest BCUT2D eigenvalue weighted by Crippen LogP contribution is -2.32. The minimum absolute atomic E-state index is 0.177. The minimum atomic E-state index is -0.285. The van der Waals surface area contributed by atoms with Gasteiger partial charge < -0.3 is 14.0 Å². The van der Waals surface area contributed by atoms with Crippen LogP contribution < -0.4 is 9.47 Å². The summed E-state index contributed by atoms with van der Waals surface area (Å²) >= 11 is 0.974. The number of imide groups is 1. The number of benzene rings is 2. The predicted molar refractivity (Wildman–Crippen MR) is 135 cm³/mol. The van der Waals surface area contributed by atoms with Gasteiger partial charge in [0.15, 0.2) is 11.5 Å². The van der Waals surface area contributed by atoms with Crippen LogP contribution in [-0.4, -0.2) is 40.9 Å². The molecule has 0 unspecified atom stereocenters. The van der Waals surface area contributed by atoms with E-state index in [-0.39, 0.29) is 24.3 Å². The maximum absolute atomic E-state index is 12.9. The third kappa shape index (κ3) is 5.20. The molecule has 7 heteroatoms. The topological polar surface area (TPSA) is 60.8 Å². The number of hydrogen-bond acceptors (Lipinski definition) is 5. The van der Waals surface area contributed by atoms with Crippen LogP contribution in [0.5, 0.6) is 11.5 Å². The molecule has 34 heavy (non-hydrogen) atoms. The average Bonchev–Trinajstić information content (AvgIpc) is 3.27. The molecule has 2 amide bonds. The fourth-order valence-corrected chi connectivity index (χ4v) is 4.88. The van der Waals surface area contributed by atoms with Crippen molar-refractivity contribution in [2.45, 2.75) is 26.8 Å². The van der Waals surface area contributed by atoms with E-state index in [0.29, 0.717) is 16.4 Å². The Morgan fingerprint density at radius 3 is 2.38 bits per heavy atom. The van der Waals surface area contributed by atoms with E-state index in [1.54, 1.807) is 19.2 Å². The first-order chi connectivity index (χ1) is 16.5. The molecule has 176 valence electrons. The van der Waals surface area contributed by atoms with Crippen LogP contribution in [0.2, 0.25) is 0 Å². The van der Waals surface area contributed by atoms with E-state index in [9.17, 15) is 9.59 Å². The van der Waals surface area contributed by atoms with Crippen LogP contribution in [0.15, 0.2) is 65.6 Å². The SMILES string of the molecule is COc1ccccc1OCCN1C(=O)S/C(=C\c2cc(C)n(CCc3ccccc3)c2C)C1=O. The smallest absolute Gasteiger partial charge is 0.293 e. The van der Waals surface area contributed by atoms with Gasteiger partial charge in [-0.15, -0.1) is 0 Å². The molecule has 2 aromatic carbocycles. The van der Waals surface area contributed by atoms with Crippen molar-refractivity contribution in [1.82, 2.24) is 9.47 Å². The number of rotatable bonds is 9. The number of ether oxygens (including phenoxy) is 2. The number of amides is 2. The highest BCUT2D eigenvalue weighted by molar-refractivity contribution is 8.18. The molecule has 0 spiro atoms. The lowest BCUT2D eigenvalue weighted by atomic mass is 10.1. The van der Waals surface area contributed by atoms with Crippen molar-refractivity contribution in [3.05, 3.63) is 88.1 Å². The quantitative estimate of drug-likeness (QED) is 0.383. The molecule has 0 atom stereocenters. The number of para-hydroxylation sites is 2. The second-order valence-electron chi connectivity index (χ2n) is 8.05. The molecule has 1 saturated heterocycles. The van der Waals surface area contributed by atoms with E-state index in [0.717, 1.165) is 41.7 Å². The molecule has 2 heterocycles. The minimum Gasteiger partial charge on any atom is -0.493 e. The number of methoxy groups -OCH3 is 1. The van der Waals surface area contributed by atoms with Crippen molar-refractivity contribution in [2.75, 3.05) is 20.3 Å². The van der Waals surface area contributed by atoms with Crippen molar-refractivity contribution < 1.29 is 19.1 Å². The molecule has 0 bridgehead atoms. The number of hydrogen-bond donors (Lipinski definition) is 0. The van der Waals surface area contributed by atoms with Crippen molar-refractivity contribution in [3.63, 3.8) is 0 Å². The molecule has 4 rings (SSSR count). The van der Waals surface area contributed by atoms with E-state index in [1.807, 2.05) is 36.4 Å². The highest BCUT2D eigenvalue weighted by atomic mass is 32.2. The lowest BCUT2D eigenvalue weighted by molar-refractivity contribution is -0.123. The Labute approximate surface area is 204 Å². The zero-order valence-electron chi connectivity index (χ0n) is 19.6. The summed E-state index contributed by atoms with van der Waals surface area (Å²) in [6, 6.07) is 19.7. The van der Waals surface area contributed by atoms with E-state index >= 15 is 0 Å². The summed E-state index contributed by atoms with van der Waals surface area (Å²) in [5, 5.41) is -0.280. The van der Waals surface area contributed by atoms with Crippen molar-refractivity contribution in [2.24, 2.45) is 0 Å². The zero-order chi connectivity index (χ0) is 24.1. The van der Waals surface area contributed by atoms with Crippen molar-refractivity contribution in [3.8, 4) is 11.5 Å². The molecule has 6 nitrogen and oxygen atoms in total. The van der Waals surface area contributed by atoms with Crippen LogP contribution in [-0.2, 0) is 17.8 Å².